The topological polar surface area (TPSA) is 66.9 Å². The SMILES string of the molecule is C[Si](C)(C)C#Cc1cnccc1CNc1ccccc1C(=O)Nc1cc2ccccc2cn1. The Hall–Kier alpha value is -3.95. The number of rotatable bonds is 5. The summed E-state index contributed by atoms with van der Waals surface area (Å²) >= 11 is 0. The van der Waals surface area contributed by atoms with Crippen molar-refractivity contribution in [3.63, 3.8) is 0 Å². The normalized spacial score (nSPS) is 10.9. The highest BCUT2D eigenvalue weighted by molar-refractivity contribution is 6.83. The van der Waals surface area contributed by atoms with Crippen LogP contribution in [0.4, 0.5) is 11.5 Å². The first-order valence-corrected chi connectivity index (χ1v) is 14.3. The van der Waals surface area contributed by atoms with Gasteiger partial charge in [-0.2, -0.15) is 0 Å². The summed E-state index contributed by atoms with van der Waals surface area (Å²) in [5, 5.41) is 8.37. The fourth-order valence-electron chi connectivity index (χ4n) is 3.31. The van der Waals surface area contributed by atoms with Gasteiger partial charge >= 0.3 is 0 Å². The molecule has 0 unspecified atom stereocenters. The molecule has 0 fully saturated rings. The van der Waals surface area contributed by atoms with Gasteiger partial charge in [-0.05, 0) is 35.2 Å². The van der Waals surface area contributed by atoms with Crippen molar-refractivity contribution in [1.29, 1.82) is 0 Å². The van der Waals surface area contributed by atoms with Crippen LogP contribution in [0.2, 0.25) is 19.6 Å². The van der Waals surface area contributed by atoms with E-state index in [1.807, 2.05) is 54.6 Å². The number of carbonyl (C=O) groups is 1. The Bertz CT molecular complexity index is 1370. The van der Waals surface area contributed by atoms with Crippen molar-refractivity contribution >= 4 is 36.3 Å². The molecule has 0 bridgehead atoms. The molecule has 0 saturated carbocycles. The number of fused-ring (bicyclic) bond motifs is 1. The van der Waals surface area contributed by atoms with Crippen LogP contribution in [0.25, 0.3) is 10.8 Å². The Morgan fingerprint density at radius 1 is 0.970 bits per heavy atom. The number of anilines is 2. The molecule has 0 saturated heterocycles. The van der Waals surface area contributed by atoms with Gasteiger partial charge in [-0.25, -0.2) is 4.98 Å². The van der Waals surface area contributed by atoms with Crippen LogP contribution >= 0.6 is 0 Å². The van der Waals surface area contributed by atoms with Crippen LogP contribution in [0.15, 0.2) is 79.3 Å². The van der Waals surface area contributed by atoms with Gasteiger partial charge in [0.2, 0.25) is 0 Å². The van der Waals surface area contributed by atoms with Crippen molar-refractivity contribution in [2.75, 3.05) is 10.6 Å². The van der Waals surface area contributed by atoms with Gasteiger partial charge in [0.25, 0.3) is 5.91 Å². The van der Waals surface area contributed by atoms with Gasteiger partial charge in [-0.15, -0.1) is 5.54 Å². The van der Waals surface area contributed by atoms with E-state index < -0.39 is 8.07 Å². The minimum absolute atomic E-state index is 0.214. The van der Waals surface area contributed by atoms with Gasteiger partial charge < -0.3 is 10.6 Å². The lowest BCUT2D eigenvalue weighted by atomic mass is 10.1. The molecule has 4 rings (SSSR count). The largest absolute Gasteiger partial charge is 0.380 e. The third-order valence-electron chi connectivity index (χ3n) is 5.00. The standard InChI is InChI=1S/C27H26N4OSi/c1-33(2,3)15-13-23-17-28-14-12-22(23)18-29-25-11-7-6-10-24(25)27(32)31-26-16-20-8-4-5-9-21(20)19-30-26/h4-12,14,16-17,19,29H,18H2,1-3H3,(H,30,31,32). The Morgan fingerprint density at radius 3 is 2.55 bits per heavy atom. The number of nitrogens with one attached hydrogen (secondary N) is 2. The summed E-state index contributed by atoms with van der Waals surface area (Å²) in [5.74, 6) is 3.60. The molecule has 1 amide bonds. The monoisotopic (exact) mass is 450 g/mol. The molecule has 33 heavy (non-hydrogen) atoms. The van der Waals surface area contributed by atoms with Crippen LogP contribution in [-0.2, 0) is 6.54 Å². The molecule has 0 atom stereocenters. The molecule has 164 valence electrons. The molecule has 2 aromatic heterocycles. The van der Waals surface area contributed by atoms with Crippen molar-refractivity contribution < 1.29 is 4.79 Å². The number of hydrogen-bond acceptors (Lipinski definition) is 4. The minimum atomic E-state index is -1.50. The van der Waals surface area contributed by atoms with E-state index in [0.29, 0.717) is 17.9 Å². The second-order valence-electron chi connectivity index (χ2n) is 8.80. The first kappa shape index (κ1) is 22.2. The van der Waals surface area contributed by atoms with Gasteiger partial charge in [0, 0.05) is 41.8 Å². The lowest BCUT2D eigenvalue weighted by molar-refractivity contribution is 0.102. The first-order chi connectivity index (χ1) is 15.9. The molecule has 2 N–H and O–H groups in total. The van der Waals surface area contributed by atoms with Gasteiger partial charge in [0.05, 0.1) is 5.56 Å². The van der Waals surface area contributed by atoms with Crippen LogP contribution < -0.4 is 10.6 Å². The number of carbonyl (C=O) groups excluding carboxylic acids is 1. The van der Waals surface area contributed by atoms with E-state index in [-0.39, 0.29) is 5.91 Å². The minimum Gasteiger partial charge on any atom is -0.380 e. The molecule has 6 heteroatoms. The number of para-hydroxylation sites is 1. The highest BCUT2D eigenvalue weighted by atomic mass is 28.3. The fraction of sp³-hybridized carbons (Fsp3) is 0.148. The Balaban J connectivity index is 1.52. The first-order valence-electron chi connectivity index (χ1n) is 10.8. The number of amides is 1. The number of nitrogens with zero attached hydrogens (tertiary/aromatic N) is 2. The third kappa shape index (κ3) is 5.85. The summed E-state index contributed by atoms with van der Waals surface area (Å²) < 4.78 is 0. The third-order valence-corrected chi connectivity index (χ3v) is 5.87. The maximum atomic E-state index is 13.0. The molecule has 0 spiro atoms. The van der Waals surface area contributed by atoms with E-state index in [1.165, 1.54) is 0 Å². The number of hydrogen-bond donors (Lipinski definition) is 2. The number of pyridine rings is 2. The van der Waals surface area contributed by atoms with Crippen molar-refractivity contribution in [2.24, 2.45) is 0 Å². The van der Waals surface area contributed by atoms with Crippen molar-refractivity contribution in [1.82, 2.24) is 9.97 Å². The Kier molecular flexibility index (Phi) is 6.52. The van der Waals surface area contributed by atoms with E-state index in [0.717, 1.165) is 27.6 Å². The van der Waals surface area contributed by atoms with Crippen LogP contribution in [0.1, 0.15) is 21.5 Å². The average Bonchev–Trinajstić information content (AvgIpc) is 2.81. The quantitative estimate of drug-likeness (QED) is 0.301. The van der Waals surface area contributed by atoms with E-state index >= 15 is 0 Å². The van der Waals surface area contributed by atoms with Crippen LogP contribution in [-0.4, -0.2) is 23.9 Å². The predicted molar refractivity (Wildman–Crippen MR) is 138 cm³/mol. The summed E-state index contributed by atoms with van der Waals surface area (Å²) in [6, 6.07) is 19.2. The van der Waals surface area contributed by atoms with Gasteiger partial charge in [0.1, 0.15) is 13.9 Å². The second-order valence-corrected chi connectivity index (χ2v) is 13.6. The lowest BCUT2D eigenvalue weighted by Gasteiger charge is -2.13. The zero-order valence-corrected chi connectivity index (χ0v) is 20.0. The second kappa shape index (κ2) is 9.68. The summed E-state index contributed by atoms with van der Waals surface area (Å²) in [6.45, 7) is 7.19. The molecule has 2 heterocycles. The number of benzene rings is 2. The summed E-state index contributed by atoms with van der Waals surface area (Å²) in [5.41, 5.74) is 6.65. The van der Waals surface area contributed by atoms with Crippen LogP contribution in [0.3, 0.4) is 0 Å². The molecular formula is C27H26N4OSi. The average molecular weight is 451 g/mol. The fourth-order valence-corrected chi connectivity index (χ4v) is 3.82. The van der Waals surface area contributed by atoms with Crippen molar-refractivity contribution in [3.05, 3.63) is 95.9 Å². The van der Waals surface area contributed by atoms with Crippen molar-refractivity contribution in [3.8, 4) is 11.5 Å². The molecular weight excluding hydrogens is 424 g/mol. The maximum Gasteiger partial charge on any atom is 0.258 e. The highest BCUT2D eigenvalue weighted by Gasteiger charge is 2.13. The van der Waals surface area contributed by atoms with E-state index in [1.54, 1.807) is 24.7 Å². The summed E-state index contributed by atoms with van der Waals surface area (Å²) in [7, 11) is -1.50. The smallest absolute Gasteiger partial charge is 0.258 e. The van der Waals surface area contributed by atoms with E-state index in [2.05, 4.69) is 51.7 Å². The molecule has 2 aromatic carbocycles. The number of aromatic nitrogens is 2. The van der Waals surface area contributed by atoms with Crippen LogP contribution in [0.5, 0.6) is 0 Å². The molecule has 5 nitrogen and oxygen atoms in total. The lowest BCUT2D eigenvalue weighted by Crippen LogP contribution is -2.16. The van der Waals surface area contributed by atoms with E-state index in [9.17, 15) is 4.79 Å². The Labute approximate surface area is 195 Å². The highest BCUT2D eigenvalue weighted by Crippen LogP contribution is 2.20. The predicted octanol–water partition coefficient (Wildman–Crippen LogP) is 5.72. The summed E-state index contributed by atoms with van der Waals surface area (Å²) in [4.78, 5) is 21.6. The molecule has 0 radical (unpaired) electrons. The Morgan fingerprint density at radius 2 is 1.73 bits per heavy atom. The molecule has 0 aliphatic rings. The summed E-state index contributed by atoms with van der Waals surface area (Å²) in [6.07, 6.45) is 5.33. The van der Waals surface area contributed by atoms with Gasteiger partial charge in [-0.3, -0.25) is 9.78 Å². The molecule has 0 aliphatic heterocycles. The van der Waals surface area contributed by atoms with Gasteiger partial charge in [0.15, 0.2) is 0 Å². The zero-order valence-electron chi connectivity index (χ0n) is 19.0. The zero-order chi connectivity index (χ0) is 23.3. The molecule has 4 aromatic rings. The van der Waals surface area contributed by atoms with Crippen LogP contribution in [0, 0.1) is 11.5 Å². The van der Waals surface area contributed by atoms with Gasteiger partial charge in [-0.1, -0.05) is 62.0 Å². The maximum absolute atomic E-state index is 13.0. The van der Waals surface area contributed by atoms with E-state index in [4.69, 9.17) is 0 Å². The molecule has 0 aliphatic carbocycles. The van der Waals surface area contributed by atoms with Crippen molar-refractivity contribution in [2.45, 2.75) is 26.2 Å².